The first-order valence-electron chi connectivity index (χ1n) is 8.31. The first kappa shape index (κ1) is 16.0. The molecule has 0 spiro atoms. The van der Waals surface area contributed by atoms with Crippen LogP contribution in [0.2, 0.25) is 0 Å². The van der Waals surface area contributed by atoms with Gasteiger partial charge in [0, 0.05) is 31.8 Å². The highest BCUT2D eigenvalue weighted by Crippen LogP contribution is 2.27. The maximum absolute atomic E-state index is 12.3. The number of nitrogens with one attached hydrogen (secondary N) is 1. The van der Waals surface area contributed by atoms with Gasteiger partial charge in [0.25, 0.3) is 0 Å². The molecule has 2 aliphatic heterocycles. The van der Waals surface area contributed by atoms with E-state index < -0.39 is 0 Å². The number of hydrogen-bond acceptors (Lipinski definition) is 3. The van der Waals surface area contributed by atoms with Gasteiger partial charge in [-0.3, -0.25) is 9.59 Å². The number of ether oxygens (including phenoxy) is 1. The molecule has 23 heavy (non-hydrogen) atoms. The van der Waals surface area contributed by atoms with E-state index in [2.05, 4.69) is 5.32 Å². The van der Waals surface area contributed by atoms with Crippen molar-refractivity contribution in [3.8, 4) is 0 Å². The van der Waals surface area contributed by atoms with E-state index in [1.165, 1.54) is 5.56 Å². The summed E-state index contributed by atoms with van der Waals surface area (Å²) in [5.41, 5.74) is 3.24. The first-order valence-corrected chi connectivity index (χ1v) is 8.31. The molecule has 1 N–H and O–H groups in total. The molecule has 1 aromatic rings. The van der Waals surface area contributed by atoms with Crippen molar-refractivity contribution in [2.24, 2.45) is 5.92 Å². The average Bonchev–Trinajstić information content (AvgIpc) is 3.17. The zero-order chi connectivity index (χ0) is 16.4. The van der Waals surface area contributed by atoms with Crippen LogP contribution in [-0.2, 0) is 14.3 Å². The summed E-state index contributed by atoms with van der Waals surface area (Å²) in [7, 11) is 0. The molecule has 2 aliphatic rings. The van der Waals surface area contributed by atoms with E-state index in [0.29, 0.717) is 13.1 Å². The minimum Gasteiger partial charge on any atom is -0.376 e. The SMILES string of the molecule is Cc1ccc(N2C[C@H](C(=O)NC[C@@H]3CCCO3)CC2=O)cc1C. The molecule has 0 aromatic heterocycles. The van der Waals surface area contributed by atoms with Crippen LogP contribution in [0.3, 0.4) is 0 Å². The zero-order valence-corrected chi connectivity index (χ0v) is 13.8. The van der Waals surface area contributed by atoms with Gasteiger partial charge in [0.15, 0.2) is 0 Å². The van der Waals surface area contributed by atoms with E-state index in [1.54, 1.807) is 4.90 Å². The predicted octanol–water partition coefficient (Wildman–Crippen LogP) is 1.95. The Morgan fingerprint density at radius 2 is 2.17 bits per heavy atom. The van der Waals surface area contributed by atoms with Crippen LogP contribution >= 0.6 is 0 Å². The van der Waals surface area contributed by atoms with Crippen molar-refractivity contribution in [3.63, 3.8) is 0 Å². The largest absolute Gasteiger partial charge is 0.376 e. The minimum atomic E-state index is -0.273. The molecule has 1 aromatic carbocycles. The number of aryl methyl sites for hydroxylation is 2. The molecular formula is C18H24N2O3. The van der Waals surface area contributed by atoms with Gasteiger partial charge in [0.1, 0.15) is 0 Å². The van der Waals surface area contributed by atoms with Gasteiger partial charge in [-0.15, -0.1) is 0 Å². The smallest absolute Gasteiger partial charge is 0.227 e. The van der Waals surface area contributed by atoms with Crippen molar-refractivity contribution in [2.75, 3.05) is 24.6 Å². The number of hydrogen-bond donors (Lipinski definition) is 1. The van der Waals surface area contributed by atoms with E-state index >= 15 is 0 Å². The van der Waals surface area contributed by atoms with Crippen LogP contribution in [0, 0.1) is 19.8 Å². The van der Waals surface area contributed by atoms with Crippen molar-refractivity contribution in [3.05, 3.63) is 29.3 Å². The lowest BCUT2D eigenvalue weighted by molar-refractivity contribution is -0.126. The van der Waals surface area contributed by atoms with E-state index in [-0.39, 0.29) is 30.3 Å². The van der Waals surface area contributed by atoms with E-state index in [4.69, 9.17) is 4.74 Å². The summed E-state index contributed by atoms with van der Waals surface area (Å²) in [5.74, 6) is -0.295. The van der Waals surface area contributed by atoms with E-state index in [0.717, 1.165) is 30.7 Å². The summed E-state index contributed by atoms with van der Waals surface area (Å²) in [6.07, 6.45) is 2.47. The monoisotopic (exact) mass is 316 g/mol. The maximum atomic E-state index is 12.3. The Balaban J connectivity index is 1.59. The highest BCUT2D eigenvalue weighted by atomic mass is 16.5. The molecule has 5 heteroatoms. The van der Waals surface area contributed by atoms with Crippen LogP contribution in [-0.4, -0.2) is 37.6 Å². The molecule has 0 radical (unpaired) electrons. The molecule has 2 heterocycles. The Bertz CT molecular complexity index is 608. The number of anilines is 1. The fourth-order valence-corrected chi connectivity index (χ4v) is 3.19. The zero-order valence-electron chi connectivity index (χ0n) is 13.8. The second-order valence-corrected chi connectivity index (χ2v) is 6.55. The third kappa shape index (κ3) is 3.55. The molecule has 0 bridgehead atoms. The molecule has 0 saturated carbocycles. The number of rotatable bonds is 4. The van der Waals surface area contributed by atoms with Crippen LogP contribution in [0.5, 0.6) is 0 Å². The number of carbonyl (C=O) groups is 2. The molecule has 2 fully saturated rings. The Morgan fingerprint density at radius 3 is 2.87 bits per heavy atom. The second-order valence-electron chi connectivity index (χ2n) is 6.55. The van der Waals surface area contributed by atoms with Crippen LogP contribution < -0.4 is 10.2 Å². The summed E-state index contributed by atoms with van der Waals surface area (Å²) in [6, 6.07) is 5.98. The van der Waals surface area contributed by atoms with E-state index in [9.17, 15) is 9.59 Å². The number of nitrogens with zero attached hydrogens (tertiary/aromatic N) is 1. The van der Waals surface area contributed by atoms with Crippen LogP contribution in [0.1, 0.15) is 30.4 Å². The Hall–Kier alpha value is -1.88. The Labute approximate surface area is 137 Å². The summed E-state index contributed by atoms with van der Waals surface area (Å²) in [5, 5.41) is 2.94. The van der Waals surface area contributed by atoms with Gasteiger partial charge < -0.3 is 15.0 Å². The molecular weight excluding hydrogens is 292 g/mol. The fraction of sp³-hybridized carbons (Fsp3) is 0.556. The molecule has 3 rings (SSSR count). The first-order chi connectivity index (χ1) is 11.0. The van der Waals surface area contributed by atoms with Crippen molar-refractivity contribution in [1.29, 1.82) is 0 Å². The van der Waals surface area contributed by atoms with Crippen molar-refractivity contribution < 1.29 is 14.3 Å². The molecule has 0 unspecified atom stereocenters. The molecule has 5 nitrogen and oxygen atoms in total. The molecule has 2 atom stereocenters. The van der Waals surface area contributed by atoms with Gasteiger partial charge in [-0.25, -0.2) is 0 Å². The third-order valence-electron chi connectivity index (χ3n) is 4.83. The summed E-state index contributed by atoms with van der Waals surface area (Å²) in [6.45, 7) is 5.87. The minimum absolute atomic E-state index is 0.0190. The van der Waals surface area contributed by atoms with Gasteiger partial charge in [0.05, 0.1) is 12.0 Å². The van der Waals surface area contributed by atoms with Crippen molar-refractivity contribution >= 4 is 17.5 Å². The summed E-state index contributed by atoms with van der Waals surface area (Å²) >= 11 is 0. The average molecular weight is 316 g/mol. The van der Waals surface area contributed by atoms with Gasteiger partial charge in [-0.2, -0.15) is 0 Å². The van der Waals surface area contributed by atoms with Gasteiger partial charge >= 0.3 is 0 Å². The summed E-state index contributed by atoms with van der Waals surface area (Å²) in [4.78, 5) is 26.3. The van der Waals surface area contributed by atoms with Gasteiger partial charge in [-0.05, 0) is 49.9 Å². The number of amides is 2. The van der Waals surface area contributed by atoms with Crippen LogP contribution in [0.4, 0.5) is 5.69 Å². The van der Waals surface area contributed by atoms with Crippen molar-refractivity contribution in [2.45, 2.75) is 39.2 Å². The summed E-state index contributed by atoms with van der Waals surface area (Å²) < 4.78 is 5.51. The van der Waals surface area contributed by atoms with Crippen LogP contribution in [0.25, 0.3) is 0 Å². The maximum Gasteiger partial charge on any atom is 0.227 e. The van der Waals surface area contributed by atoms with Gasteiger partial charge in [0.2, 0.25) is 11.8 Å². The highest BCUT2D eigenvalue weighted by molar-refractivity contribution is 6.00. The Kier molecular flexibility index (Phi) is 4.66. The highest BCUT2D eigenvalue weighted by Gasteiger charge is 2.35. The fourth-order valence-electron chi connectivity index (χ4n) is 3.19. The molecule has 0 aliphatic carbocycles. The quantitative estimate of drug-likeness (QED) is 0.924. The lowest BCUT2D eigenvalue weighted by Crippen LogP contribution is -2.37. The number of benzene rings is 1. The molecule has 2 amide bonds. The van der Waals surface area contributed by atoms with Crippen LogP contribution in [0.15, 0.2) is 18.2 Å². The second kappa shape index (κ2) is 6.71. The third-order valence-corrected chi connectivity index (χ3v) is 4.83. The lowest BCUT2D eigenvalue weighted by atomic mass is 10.1. The molecule has 124 valence electrons. The topological polar surface area (TPSA) is 58.6 Å². The van der Waals surface area contributed by atoms with Gasteiger partial charge in [-0.1, -0.05) is 6.07 Å². The van der Waals surface area contributed by atoms with Crippen molar-refractivity contribution in [1.82, 2.24) is 5.32 Å². The molecule has 2 saturated heterocycles. The lowest BCUT2D eigenvalue weighted by Gasteiger charge is -2.18. The predicted molar refractivity (Wildman–Crippen MR) is 88.4 cm³/mol. The van der Waals surface area contributed by atoms with E-state index in [1.807, 2.05) is 32.0 Å². The number of carbonyl (C=O) groups excluding carboxylic acids is 2. The standard InChI is InChI=1S/C18H24N2O3/c1-12-5-6-15(8-13(12)2)20-11-14(9-17(20)21)18(22)19-10-16-4-3-7-23-16/h5-6,8,14,16H,3-4,7,9-11H2,1-2H3,(H,19,22)/t14-,16+/m1/s1. The normalized spacial score (nSPS) is 24.3. The Morgan fingerprint density at radius 1 is 1.35 bits per heavy atom.